The topological polar surface area (TPSA) is 79.6 Å². The van der Waals surface area contributed by atoms with Gasteiger partial charge in [0.05, 0.1) is 24.2 Å². The van der Waals surface area contributed by atoms with E-state index in [-0.39, 0.29) is 18.0 Å². The van der Waals surface area contributed by atoms with Crippen molar-refractivity contribution in [2.24, 2.45) is 5.92 Å². The molecule has 3 rings (SSSR count). The maximum atomic E-state index is 12.4. The van der Waals surface area contributed by atoms with Gasteiger partial charge in [0.15, 0.2) is 0 Å². The molecule has 28 heavy (non-hydrogen) atoms. The lowest BCUT2D eigenvalue weighted by Gasteiger charge is -2.29. The minimum absolute atomic E-state index is 0.219. The number of nitrogens with zero attached hydrogens (tertiary/aromatic N) is 2. The molecule has 1 fully saturated rings. The van der Waals surface area contributed by atoms with E-state index >= 15 is 0 Å². The molecule has 0 aliphatic carbocycles. The molecule has 0 radical (unpaired) electrons. The van der Waals surface area contributed by atoms with Crippen molar-refractivity contribution in [3.05, 3.63) is 54.1 Å². The normalized spacial score (nSPS) is 14.2. The highest BCUT2D eigenvalue weighted by Gasteiger charge is 2.29. The summed E-state index contributed by atoms with van der Waals surface area (Å²) in [5, 5.41) is 8.87. The first-order chi connectivity index (χ1) is 13.6. The number of piperidine rings is 1. The van der Waals surface area contributed by atoms with Gasteiger partial charge in [0, 0.05) is 13.1 Å². The van der Waals surface area contributed by atoms with E-state index in [2.05, 4.69) is 6.07 Å². The zero-order valence-electron chi connectivity index (χ0n) is 15.8. The second kappa shape index (κ2) is 9.05. The summed E-state index contributed by atoms with van der Waals surface area (Å²) in [6, 6.07) is 16.7. The predicted molar refractivity (Wildman–Crippen MR) is 104 cm³/mol. The number of benzene rings is 2. The minimum atomic E-state index is -0.326. The molecule has 0 N–H and O–H groups in total. The van der Waals surface area contributed by atoms with Gasteiger partial charge in [0.1, 0.15) is 5.75 Å². The van der Waals surface area contributed by atoms with Gasteiger partial charge in [-0.05, 0) is 55.2 Å². The van der Waals surface area contributed by atoms with Gasteiger partial charge < -0.3 is 14.4 Å². The van der Waals surface area contributed by atoms with Gasteiger partial charge in [-0.1, -0.05) is 24.3 Å². The van der Waals surface area contributed by atoms with Crippen LogP contribution in [0.5, 0.6) is 5.75 Å². The van der Waals surface area contributed by atoms with Gasteiger partial charge in [-0.15, -0.1) is 0 Å². The van der Waals surface area contributed by atoms with Crippen molar-refractivity contribution in [3.8, 4) is 22.9 Å². The summed E-state index contributed by atoms with van der Waals surface area (Å²) in [5.41, 5.74) is 2.58. The number of ether oxygens (including phenoxy) is 2. The molecule has 1 amide bonds. The number of carbonyl (C=O) groups is 2. The molecule has 0 aromatic heterocycles. The van der Waals surface area contributed by atoms with E-state index < -0.39 is 0 Å². The number of carbonyl (C=O) groups excluding carboxylic acids is 2. The van der Waals surface area contributed by atoms with Crippen LogP contribution in [0.25, 0.3) is 11.1 Å². The lowest BCUT2D eigenvalue weighted by atomic mass is 9.97. The third kappa shape index (κ3) is 4.68. The first kappa shape index (κ1) is 19.4. The van der Waals surface area contributed by atoms with Gasteiger partial charge in [-0.25, -0.2) is 4.79 Å². The van der Waals surface area contributed by atoms with E-state index in [4.69, 9.17) is 14.7 Å². The number of esters is 1. The molecule has 1 saturated heterocycles. The smallest absolute Gasteiger partial charge is 0.409 e. The van der Waals surface area contributed by atoms with Crippen molar-refractivity contribution in [2.45, 2.75) is 19.8 Å². The van der Waals surface area contributed by atoms with E-state index in [1.165, 1.54) is 0 Å². The SMILES string of the molecule is CCOC(=O)N1CCC(C(=O)Oc2ccc(-c3ccc(C#N)cc3)cc2)CC1. The Morgan fingerprint density at radius 3 is 2.14 bits per heavy atom. The minimum Gasteiger partial charge on any atom is -0.450 e. The molecule has 1 aliphatic heterocycles. The fourth-order valence-corrected chi connectivity index (χ4v) is 3.16. The lowest BCUT2D eigenvalue weighted by molar-refractivity contribution is -0.140. The third-order valence-electron chi connectivity index (χ3n) is 4.77. The second-order valence-electron chi connectivity index (χ2n) is 6.59. The van der Waals surface area contributed by atoms with Crippen molar-refractivity contribution < 1.29 is 19.1 Å². The van der Waals surface area contributed by atoms with Gasteiger partial charge in [0.2, 0.25) is 0 Å². The van der Waals surface area contributed by atoms with E-state index in [1.54, 1.807) is 36.1 Å². The van der Waals surface area contributed by atoms with Crippen molar-refractivity contribution in [2.75, 3.05) is 19.7 Å². The molecule has 0 bridgehead atoms. The van der Waals surface area contributed by atoms with Crippen molar-refractivity contribution in [1.29, 1.82) is 5.26 Å². The lowest BCUT2D eigenvalue weighted by Crippen LogP contribution is -2.41. The molecular weight excluding hydrogens is 356 g/mol. The van der Waals surface area contributed by atoms with Gasteiger partial charge >= 0.3 is 12.1 Å². The fraction of sp³-hybridized carbons (Fsp3) is 0.318. The Bertz CT molecular complexity index is 861. The Labute approximate surface area is 164 Å². The Morgan fingerprint density at radius 1 is 1.04 bits per heavy atom. The Kier molecular flexibility index (Phi) is 6.28. The highest BCUT2D eigenvalue weighted by molar-refractivity contribution is 5.76. The molecule has 0 atom stereocenters. The summed E-state index contributed by atoms with van der Waals surface area (Å²) in [5.74, 6) is 0.00808. The molecule has 1 aliphatic rings. The molecule has 144 valence electrons. The standard InChI is InChI=1S/C22H22N2O4/c1-2-27-22(26)24-13-11-19(12-14-24)21(25)28-20-9-7-18(8-10-20)17-5-3-16(15-23)4-6-17/h3-10,19H,2,11-14H2,1H3. The second-order valence-corrected chi connectivity index (χ2v) is 6.59. The molecule has 2 aromatic rings. The van der Waals surface area contributed by atoms with Gasteiger partial charge in [-0.2, -0.15) is 5.26 Å². The summed E-state index contributed by atoms with van der Waals surface area (Å²) in [6.07, 6.45) is 0.815. The molecular formula is C22H22N2O4. The zero-order chi connectivity index (χ0) is 19.9. The highest BCUT2D eigenvalue weighted by atomic mass is 16.6. The number of hydrogen-bond donors (Lipinski definition) is 0. The monoisotopic (exact) mass is 378 g/mol. The van der Waals surface area contributed by atoms with Crippen LogP contribution < -0.4 is 4.74 Å². The largest absolute Gasteiger partial charge is 0.450 e. The van der Waals surface area contributed by atoms with E-state index in [0.29, 0.717) is 43.9 Å². The van der Waals surface area contributed by atoms with Gasteiger partial charge in [0.25, 0.3) is 0 Å². The summed E-state index contributed by atoms with van der Waals surface area (Å²) in [6.45, 7) is 3.11. The van der Waals surface area contributed by atoms with Crippen LogP contribution >= 0.6 is 0 Å². The average Bonchev–Trinajstić information content (AvgIpc) is 2.74. The molecule has 1 heterocycles. The molecule has 0 saturated carbocycles. The number of amides is 1. The fourth-order valence-electron chi connectivity index (χ4n) is 3.16. The third-order valence-corrected chi connectivity index (χ3v) is 4.77. The Hall–Kier alpha value is -3.33. The molecule has 6 nitrogen and oxygen atoms in total. The van der Waals surface area contributed by atoms with Crippen LogP contribution in [-0.4, -0.2) is 36.7 Å². The van der Waals surface area contributed by atoms with E-state index in [0.717, 1.165) is 11.1 Å². The number of rotatable bonds is 4. The number of likely N-dealkylation sites (tertiary alicyclic amines) is 1. The van der Waals surface area contributed by atoms with Crippen LogP contribution in [0.4, 0.5) is 4.79 Å². The maximum Gasteiger partial charge on any atom is 0.409 e. The maximum absolute atomic E-state index is 12.4. The van der Waals surface area contributed by atoms with Crippen molar-refractivity contribution >= 4 is 12.1 Å². The zero-order valence-corrected chi connectivity index (χ0v) is 15.8. The van der Waals surface area contributed by atoms with Crippen LogP contribution in [-0.2, 0) is 9.53 Å². The quantitative estimate of drug-likeness (QED) is 0.593. The number of nitriles is 1. The molecule has 2 aromatic carbocycles. The molecule has 0 unspecified atom stereocenters. The molecule has 0 spiro atoms. The summed E-state index contributed by atoms with van der Waals surface area (Å²) < 4.78 is 10.5. The van der Waals surface area contributed by atoms with Crippen molar-refractivity contribution in [1.82, 2.24) is 4.90 Å². The van der Waals surface area contributed by atoms with Crippen LogP contribution in [0.3, 0.4) is 0 Å². The number of hydrogen-bond acceptors (Lipinski definition) is 5. The van der Waals surface area contributed by atoms with Gasteiger partial charge in [-0.3, -0.25) is 4.79 Å². The van der Waals surface area contributed by atoms with Crippen LogP contribution in [0, 0.1) is 17.2 Å². The Morgan fingerprint density at radius 2 is 1.61 bits per heavy atom. The summed E-state index contributed by atoms with van der Waals surface area (Å²) in [4.78, 5) is 25.8. The van der Waals surface area contributed by atoms with E-state index in [1.807, 2.05) is 24.3 Å². The predicted octanol–water partition coefficient (Wildman–Crippen LogP) is 4.00. The summed E-state index contributed by atoms with van der Waals surface area (Å²) >= 11 is 0. The van der Waals surface area contributed by atoms with E-state index in [9.17, 15) is 9.59 Å². The first-order valence-corrected chi connectivity index (χ1v) is 9.34. The first-order valence-electron chi connectivity index (χ1n) is 9.34. The van der Waals surface area contributed by atoms with Crippen LogP contribution in [0.1, 0.15) is 25.3 Å². The molecule has 6 heteroatoms. The van der Waals surface area contributed by atoms with Crippen molar-refractivity contribution in [3.63, 3.8) is 0 Å². The Balaban J connectivity index is 1.55. The van der Waals surface area contributed by atoms with Crippen LogP contribution in [0.2, 0.25) is 0 Å². The summed E-state index contributed by atoms with van der Waals surface area (Å²) in [7, 11) is 0. The average molecular weight is 378 g/mol. The van der Waals surface area contributed by atoms with Crippen LogP contribution in [0.15, 0.2) is 48.5 Å². The highest BCUT2D eigenvalue weighted by Crippen LogP contribution is 2.25.